The maximum Gasteiger partial charge on any atom is 0.127 e. The number of anilines is 1. The molecule has 2 N–H and O–H groups in total. The Morgan fingerprint density at radius 2 is 2.00 bits per heavy atom. The van der Waals surface area contributed by atoms with Gasteiger partial charge in [-0.25, -0.2) is 0 Å². The Labute approximate surface area is 117 Å². The summed E-state index contributed by atoms with van der Waals surface area (Å²) in [6.07, 6.45) is 1.82. The number of rotatable bonds is 3. The lowest BCUT2D eigenvalue weighted by atomic mass is 10.0. The summed E-state index contributed by atoms with van der Waals surface area (Å²) in [6.45, 7) is 2.61. The Morgan fingerprint density at radius 1 is 1.20 bits per heavy atom. The van der Waals surface area contributed by atoms with Gasteiger partial charge in [0.1, 0.15) is 5.75 Å². The van der Waals surface area contributed by atoms with Crippen molar-refractivity contribution in [2.24, 2.45) is 7.05 Å². The summed E-state index contributed by atoms with van der Waals surface area (Å²) < 4.78 is 7.54. The first kappa shape index (κ1) is 12.5. The fraction of sp³-hybridized carbons (Fsp3) is 0.188. The molecular weight excluding hydrogens is 250 g/mol. The van der Waals surface area contributed by atoms with Crippen LogP contribution in [0, 0.1) is 0 Å². The van der Waals surface area contributed by atoms with Gasteiger partial charge in [0.25, 0.3) is 0 Å². The van der Waals surface area contributed by atoms with E-state index in [0.717, 1.165) is 33.5 Å². The highest BCUT2D eigenvalue weighted by Crippen LogP contribution is 2.36. The van der Waals surface area contributed by atoms with E-state index >= 15 is 0 Å². The van der Waals surface area contributed by atoms with Gasteiger partial charge in [-0.3, -0.25) is 4.68 Å². The van der Waals surface area contributed by atoms with Crippen molar-refractivity contribution in [2.75, 3.05) is 12.3 Å². The van der Waals surface area contributed by atoms with Gasteiger partial charge in [0.15, 0.2) is 0 Å². The number of para-hydroxylation sites is 1. The smallest absolute Gasteiger partial charge is 0.127 e. The number of nitrogens with two attached hydrogens (primary N) is 1. The van der Waals surface area contributed by atoms with Crippen LogP contribution in [0.2, 0.25) is 0 Å². The van der Waals surface area contributed by atoms with Gasteiger partial charge in [0.05, 0.1) is 18.3 Å². The van der Waals surface area contributed by atoms with Crippen LogP contribution < -0.4 is 10.5 Å². The standard InChI is InChI=1S/C16H17N3O/c1-3-20-16-7-5-4-6-12(16)13-9-15-11(8-14(13)17)10-18-19(15)2/h4-10H,3,17H2,1-2H3. The first-order valence-corrected chi connectivity index (χ1v) is 6.64. The molecule has 0 aliphatic carbocycles. The van der Waals surface area contributed by atoms with Crippen LogP contribution in [0.25, 0.3) is 22.0 Å². The number of hydrogen-bond donors (Lipinski definition) is 1. The van der Waals surface area contributed by atoms with E-state index in [4.69, 9.17) is 10.5 Å². The summed E-state index contributed by atoms with van der Waals surface area (Å²) >= 11 is 0. The molecule has 1 heterocycles. The molecule has 0 aliphatic rings. The number of nitrogens with zero attached hydrogens (tertiary/aromatic N) is 2. The third-order valence-corrected chi connectivity index (χ3v) is 3.39. The topological polar surface area (TPSA) is 53.1 Å². The van der Waals surface area contributed by atoms with Gasteiger partial charge in [-0.2, -0.15) is 5.10 Å². The van der Waals surface area contributed by atoms with Gasteiger partial charge in [-0.1, -0.05) is 18.2 Å². The van der Waals surface area contributed by atoms with E-state index in [1.54, 1.807) is 0 Å². The molecule has 0 amide bonds. The van der Waals surface area contributed by atoms with E-state index in [1.807, 2.05) is 55.2 Å². The molecule has 3 rings (SSSR count). The van der Waals surface area contributed by atoms with Gasteiger partial charge < -0.3 is 10.5 Å². The monoisotopic (exact) mass is 267 g/mol. The second-order valence-electron chi connectivity index (χ2n) is 4.70. The minimum Gasteiger partial charge on any atom is -0.493 e. The Bertz CT molecular complexity index is 762. The Morgan fingerprint density at radius 3 is 2.80 bits per heavy atom. The lowest BCUT2D eigenvalue weighted by Gasteiger charge is -2.12. The Hall–Kier alpha value is -2.49. The van der Waals surface area contributed by atoms with E-state index in [9.17, 15) is 0 Å². The number of aromatic nitrogens is 2. The number of aryl methyl sites for hydroxylation is 1. The Balaban J connectivity index is 2.23. The Kier molecular flexibility index (Phi) is 3.06. The molecule has 4 heteroatoms. The molecule has 0 bridgehead atoms. The van der Waals surface area contributed by atoms with Crippen molar-refractivity contribution in [3.63, 3.8) is 0 Å². The minimum absolute atomic E-state index is 0.630. The number of nitrogen functional groups attached to an aromatic ring is 1. The molecule has 0 aliphatic heterocycles. The fourth-order valence-electron chi connectivity index (χ4n) is 2.42. The lowest BCUT2D eigenvalue weighted by Crippen LogP contribution is -1.97. The van der Waals surface area contributed by atoms with Crippen LogP contribution in [0.5, 0.6) is 5.75 Å². The average molecular weight is 267 g/mol. The summed E-state index contributed by atoms with van der Waals surface area (Å²) in [5.74, 6) is 0.850. The summed E-state index contributed by atoms with van der Waals surface area (Å²) in [5.41, 5.74) is 9.98. The number of benzene rings is 2. The van der Waals surface area contributed by atoms with E-state index in [2.05, 4.69) is 11.2 Å². The zero-order valence-electron chi connectivity index (χ0n) is 11.6. The van der Waals surface area contributed by atoms with Crippen LogP contribution >= 0.6 is 0 Å². The zero-order chi connectivity index (χ0) is 14.1. The largest absolute Gasteiger partial charge is 0.493 e. The quantitative estimate of drug-likeness (QED) is 0.741. The molecule has 4 nitrogen and oxygen atoms in total. The van der Waals surface area contributed by atoms with Crippen LogP contribution in [0.3, 0.4) is 0 Å². The third kappa shape index (κ3) is 1.99. The molecule has 0 radical (unpaired) electrons. The summed E-state index contributed by atoms with van der Waals surface area (Å²) in [5, 5.41) is 5.30. The third-order valence-electron chi connectivity index (χ3n) is 3.39. The summed E-state index contributed by atoms with van der Waals surface area (Å²) in [4.78, 5) is 0. The predicted molar refractivity (Wildman–Crippen MR) is 81.7 cm³/mol. The fourth-order valence-corrected chi connectivity index (χ4v) is 2.42. The molecule has 0 saturated carbocycles. The molecule has 2 aromatic carbocycles. The second-order valence-corrected chi connectivity index (χ2v) is 4.70. The maximum absolute atomic E-state index is 6.20. The second kappa shape index (κ2) is 4.89. The molecule has 0 spiro atoms. The number of fused-ring (bicyclic) bond motifs is 1. The molecule has 20 heavy (non-hydrogen) atoms. The molecule has 0 fully saturated rings. The van der Waals surface area contributed by atoms with Crippen LogP contribution in [-0.2, 0) is 7.05 Å². The zero-order valence-corrected chi connectivity index (χ0v) is 11.6. The van der Waals surface area contributed by atoms with Crippen LogP contribution in [0.4, 0.5) is 5.69 Å². The normalized spacial score (nSPS) is 10.9. The maximum atomic E-state index is 6.20. The lowest BCUT2D eigenvalue weighted by molar-refractivity contribution is 0.341. The number of ether oxygens (including phenoxy) is 1. The van der Waals surface area contributed by atoms with Crippen molar-refractivity contribution >= 4 is 16.6 Å². The van der Waals surface area contributed by atoms with Crippen LogP contribution in [0.15, 0.2) is 42.6 Å². The van der Waals surface area contributed by atoms with Gasteiger partial charge >= 0.3 is 0 Å². The highest BCUT2D eigenvalue weighted by molar-refractivity contribution is 5.92. The van der Waals surface area contributed by atoms with Crippen molar-refractivity contribution in [2.45, 2.75) is 6.92 Å². The molecule has 102 valence electrons. The van der Waals surface area contributed by atoms with Crippen LogP contribution in [-0.4, -0.2) is 16.4 Å². The van der Waals surface area contributed by atoms with Gasteiger partial charge in [-0.15, -0.1) is 0 Å². The molecule has 0 atom stereocenters. The highest BCUT2D eigenvalue weighted by Gasteiger charge is 2.11. The average Bonchev–Trinajstić information content (AvgIpc) is 2.80. The van der Waals surface area contributed by atoms with E-state index in [-0.39, 0.29) is 0 Å². The molecule has 0 unspecified atom stereocenters. The van der Waals surface area contributed by atoms with Gasteiger partial charge in [0, 0.05) is 29.2 Å². The van der Waals surface area contributed by atoms with Crippen molar-refractivity contribution in [3.8, 4) is 16.9 Å². The van der Waals surface area contributed by atoms with E-state index in [1.165, 1.54) is 0 Å². The van der Waals surface area contributed by atoms with Gasteiger partial charge in [0.2, 0.25) is 0 Å². The summed E-state index contributed by atoms with van der Waals surface area (Å²) in [6, 6.07) is 12.0. The molecule has 3 aromatic rings. The minimum atomic E-state index is 0.630. The molecular formula is C16H17N3O. The SMILES string of the molecule is CCOc1ccccc1-c1cc2c(cnn2C)cc1N. The molecule has 0 saturated heterocycles. The first-order valence-electron chi connectivity index (χ1n) is 6.64. The molecule has 1 aromatic heterocycles. The van der Waals surface area contributed by atoms with Crippen molar-refractivity contribution in [1.82, 2.24) is 9.78 Å². The highest BCUT2D eigenvalue weighted by atomic mass is 16.5. The first-order chi connectivity index (χ1) is 9.70. The number of hydrogen-bond acceptors (Lipinski definition) is 3. The predicted octanol–water partition coefficient (Wildman–Crippen LogP) is 3.22. The van der Waals surface area contributed by atoms with E-state index in [0.29, 0.717) is 6.61 Å². The van der Waals surface area contributed by atoms with Crippen molar-refractivity contribution in [3.05, 3.63) is 42.6 Å². The summed E-state index contributed by atoms with van der Waals surface area (Å²) in [7, 11) is 1.93. The van der Waals surface area contributed by atoms with E-state index < -0.39 is 0 Å². The van der Waals surface area contributed by atoms with Crippen molar-refractivity contribution in [1.29, 1.82) is 0 Å². The van der Waals surface area contributed by atoms with Crippen molar-refractivity contribution < 1.29 is 4.74 Å². The van der Waals surface area contributed by atoms with Gasteiger partial charge in [-0.05, 0) is 25.1 Å². The van der Waals surface area contributed by atoms with Crippen LogP contribution in [0.1, 0.15) is 6.92 Å².